The van der Waals surface area contributed by atoms with E-state index in [1.165, 1.54) is 0 Å². The molecule has 1 fully saturated rings. The first-order valence-corrected chi connectivity index (χ1v) is 7.87. The van der Waals surface area contributed by atoms with Gasteiger partial charge in [0.15, 0.2) is 0 Å². The fraction of sp³-hybridized carbons (Fsp3) is 0.412. The molecule has 0 spiro atoms. The Bertz CT molecular complexity index is 716. The molecule has 1 aliphatic heterocycles. The summed E-state index contributed by atoms with van der Waals surface area (Å²) in [6.45, 7) is 3.38. The highest BCUT2D eigenvalue weighted by molar-refractivity contribution is 6.00. The number of hydrogen-bond donors (Lipinski definition) is 2. The lowest BCUT2D eigenvalue weighted by atomic mass is 10.1. The molecular weight excluding hydrogens is 296 g/mol. The van der Waals surface area contributed by atoms with E-state index < -0.39 is 5.97 Å². The number of aromatic nitrogens is 1. The Labute approximate surface area is 134 Å². The molecule has 1 atom stereocenters. The molecule has 1 aromatic carbocycles. The number of benzene rings is 1. The number of H-pyrrole nitrogens is 1. The maximum Gasteiger partial charge on any atom is 0.354 e. The molecule has 2 N–H and O–H groups in total. The predicted octanol–water partition coefficient (Wildman–Crippen LogP) is 2.25. The van der Waals surface area contributed by atoms with Gasteiger partial charge in [0.05, 0.1) is 12.7 Å². The van der Waals surface area contributed by atoms with Gasteiger partial charge in [-0.05, 0) is 44.0 Å². The van der Waals surface area contributed by atoms with Crippen molar-refractivity contribution in [1.29, 1.82) is 0 Å². The van der Waals surface area contributed by atoms with Gasteiger partial charge in [0.1, 0.15) is 5.69 Å². The first-order chi connectivity index (χ1) is 11.2. The molecule has 6 nitrogen and oxygen atoms in total. The van der Waals surface area contributed by atoms with E-state index in [1.807, 2.05) is 0 Å². The molecule has 6 heteroatoms. The highest BCUT2D eigenvalue weighted by Crippen LogP contribution is 2.18. The zero-order valence-electron chi connectivity index (χ0n) is 13.1. The maximum atomic E-state index is 12.2. The van der Waals surface area contributed by atoms with E-state index in [-0.39, 0.29) is 12.0 Å². The van der Waals surface area contributed by atoms with Gasteiger partial charge in [0.25, 0.3) is 5.91 Å². The highest BCUT2D eigenvalue weighted by Gasteiger charge is 2.17. The smallest absolute Gasteiger partial charge is 0.354 e. The van der Waals surface area contributed by atoms with Crippen LogP contribution in [0.3, 0.4) is 0 Å². The van der Waals surface area contributed by atoms with Crippen LogP contribution in [0.2, 0.25) is 0 Å². The van der Waals surface area contributed by atoms with Gasteiger partial charge in [0, 0.05) is 29.6 Å². The Kier molecular flexibility index (Phi) is 4.62. The number of esters is 1. The Hall–Kier alpha value is -2.34. The third-order valence-corrected chi connectivity index (χ3v) is 3.89. The van der Waals surface area contributed by atoms with Gasteiger partial charge in [-0.25, -0.2) is 4.79 Å². The lowest BCUT2D eigenvalue weighted by molar-refractivity contribution is 0.0520. The molecule has 1 amide bonds. The number of rotatable bonds is 5. The Balaban J connectivity index is 1.71. The van der Waals surface area contributed by atoms with Gasteiger partial charge in [-0.1, -0.05) is 0 Å². The number of carbonyl (C=O) groups is 2. The van der Waals surface area contributed by atoms with E-state index >= 15 is 0 Å². The summed E-state index contributed by atoms with van der Waals surface area (Å²) in [5.74, 6) is -0.533. The number of aromatic amines is 1. The minimum atomic E-state index is -0.395. The van der Waals surface area contributed by atoms with Crippen LogP contribution < -0.4 is 5.32 Å². The van der Waals surface area contributed by atoms with Crippen LogP contribution in [0.25, 0.3) is 10.9 Å². The number of carbonyl (C=O) groups excluding carboxylic acids is 2. The molecule has 122 valence electrons. The van der Waals surface area contributed by atoms with Crippen LogP contribution >= 0.6 is 0 Å². The van der Waals surface area contributed by atoms with E-state index in [4.69, 9.17) is 9.47 Å². The van der Waals surface area contributed by atoms with E-state index in [2.05, 4.69) is 10.3 Å². The standard InChI is InChI=1S/C17H20N2O4/c1-2-22-17(21)15-9-12-8-11(5-6-14(12)19-15)16(20)18-10-13-4-3-7-23-13/h5-6,8-9,13,19H,2-4,7,10H2,1H3,(H,18,20)/t13-/m0/s1. The van der Waals surface area contributed by atoms with Gasteiger partial charge in [-0.2, -0.15) is 0 Å². The van der Waals surface area contributed by atoms with Crippen LogP contribution in [0.5, 0.6) is 0 Å². The largest absolute Gasteiger partial charge is 0.461 e. The van der Waals surface area contributed by atoms with Crippen molar-refractivity contribution in [3.8, 4) is 0 Å². The lowest BCUT2D eigenvalue weighted by Gasteiger charge is -2.10. The zero-order valence-corrected chi connectivity index (χ0v) is 13.1. The minimum absolute atomic E-state index is 0.116. The second-order valence-electron chi connectivity index (χ2n) is 5.55. The monoisotopic (exact) mass is 316 g/mol. The molecule has 0 saturated carbocycles. The van der Waals surface area contributed by atoms with E-state index in [9.17, 15) is 9.59 Å². The molecule has 23 heavy (non-hydrogen) atoms. The number of amides is 1. The van der Waals surface area contributed by atoms with Crippen molar-refractivity contribution in [2.45, 2.75) is 25.9 Å². The quantitative estimate of drug-likeness (QED) is 0.829. The van der Waals surface area contributed by atoms with E-state index in [0.29, 0.717) is 24.4 Å². The molecule has 3 rings (SSSR count). The second kappa shape index (κ2) is 6.83. The van der Waals surface area contributed by atoms with Crippen LogP contribution in [0.1, 0.15) is 40.6 Å². The summed E-state index contributed by atoms with van der Waals surface area (Å²) in [6.07, 6.45) is 2.15. The molecule has 0 bridgehead atoms. The Morgan fingerprint density at radius 2 is 2.26 bits per heavy atom. The second-order valence-corrected chi connectivity index (χ2v) is 5.55. The zero-order chi connectivity index (χ0) is 16.2. The first-order valence-electron chi connectivity index (χ1n) is 7.87. The molecule has 0 unspecified atom stereocenters. The van der Waals surface area contributed by atoms with Crippen molar-refractivity contribution in [2.75, 3.05) is 19.8 Å². The van der Waals surface area contributed by atoms with Gasteiger partial charge in [-0.3, -0.25) is 4.79 Å². The average Bonchev–Trinajstić information content (AvgIpc) is 3.21. The van der Waals surface area contributed by atoms with Crippen molar-refractivity contribution < 1.29 is 19.1 Å². The van der Waals surface area contributed by atoms with Gasteiger partial charge in [0.2, 0.25) is 0 Å². The number of ether oxygens (including phenoxy) is 2. The van der Waals surface area contributed by atoms with Crippen molar-refractivity contribution in [1.82, 2.24) is 10.3 Å². The summed E-state index contributed by atoms with van der Waals surface area (Å²) in [5.41, 5.74) is 1.74. The van der Waals surface area contributed by atoms with Crippen LogP contribution in [0.4, 0.5) is 0 Å². The van der Waals surface area contributed by atoms with Crippen LogP contribution in [-0.2, 0) is 9.47 Å². The van der Waals surface area contributed by atoms with Crippen molar-refractivity contribution in [2.24, 2.45) is 0 Å². The van der Waals surface area contributed by atoms with Crippen molar-refractivity contribution in [3.63, 3.8) is 0 Å². The Morgan fingerprint density at radius 3 is 3.00 bits per heavy atom. The molecule has 0 radical (unpaired) electrons. The van der Waals surface area contributed by atoms with Gasteiger partial charge < -0.3 is 19.8 Å². The fourth-order valence-corrected chi connectivity index (χ4v) is 2.71. The van der Waals surface area contributed by atoms with Gasteiger partial charge in [-0.15, -0.1) is 0 Å². The average molecular weight is 316 g/mol. The maximum absolute atomic E-state index is 12.2. The third-order valence-electron chi connectivity index (χ3n) is 3.89. The molecule has 1 aromatic heterocycles. The molecular formula is C17H20N2O4. The summed E-state index contributed by atoms with van der Waals surface area (Å²) in [7, 11) is 0. The van der Waals surface area contributed by atoms with E-state index in [0.717, 1.165) is 30.4 Å². The van der Waals surface area contributed by atoms with Crippen molar-refractivity contribution >= 4 is 22.8 Å². The minimum Gasteiger partial charge on any atom is -0.461 e. The lowest BCUT2D eigenvalue weighted by Crippen LogP contribution is -2.31. The SMILES string of the molecule is CCOC(=O)c1cc2cc(C(=O)NC[C@@H]3CCCO3)ccc2[nH]1. The summed E-state index contributed by atoms with van der Waals surface area (Å²) >= 11 is 0. The predicted molar refractivity (Wildman–Crippen MR) is 85.6 cm³/mol. The van der Waals surface area contributed by atoms with Crippen LogP contribution in [0, 0.1) is 0 Å². The molecule has 2 aromatic rings. The summed E-state index contributed by atoms with van der Waals surface area (Å²) in [4.78, 5) is 27.0. The van der Waals surface area contributed by atoms with E-state index in [1.54, 1.807) is 31.2 Å². The first kappa shape index (κ1) is 15.6. The summed E-state index contributed by atoms with van der Waals surface area (Å²) < 4.78 is 10.5. The summed E-state index contributed by atoms with van der Waals surface area (Å²) in [6, 6.07) is 6.99. The molecule has 0 aliphatic carbocycles. The fourth-order valence-electron chi connectivity index (χ4n) is 2.71. The van der Waals surface area contributed by atoms with Crippen LogP contribution in [0.15, 0.2) is 24.3 Å². The number of fused-ring (bicyclic) bond motifs is 1. The third kappa shape index (κ3) is 3.53. The topological polar surface area (TPSA) is 80.4 Å². The molecule has 1 saturated heterocycles. The Morgan fingerprint density at radius 1 is 1.39 bits per heavy atom. The highest BCUT2D eigenvalue weighted by atomic mass is 16.5. The van der Waals surface area contributed by atoms with Crippen molar-refractivity contribution in [3.05, 3.63) is 35.5 Å². The van der Waals surface area contributed by atoms with Crippen LogP contribution in [-0.4, -0.2) is 42.7 Å². The number of hydrogen-bond acceptors (Lipinski definition) is 4. The summed E-state index contributed by atoms with van der Waals surface area (Å²) in [5, 5.41) is 3.69. The number of nitrogens with one attached hydrogen (secondary N) is 2. The molecule has 2 heterocycles. The normalized spacial score (nSPS) is 17.3. The van der Waals surface area contributed by atoms with Gasteiger partial charge >= 0.3 is 5.97 Å². The molecule has 1 aliphatic rings.